The molecular formula is C28H30N4O5. The molecule has 1 aromatic carbocycles. The number of carbonyl (C=O) groups is 2. The van der Waals surface area contributed by atoms with Crippen LogP contribution in [0.1, 0.15) is 61.2 Å². The van der Waals surface area contributed by atoms with Crippen LogP contribution in [0.4, 0.5) is 0 Å². The van der Waals surface area contributed by atoms with Gasteiger partial charge in [-0.05, 0) is 49.4 Å². The first-order valence-corrected chi connectivity index (χ1v) is 12.8. The molecule has 3 aliphatic rings. The summed E-state index contributed by atoms with van der Waals surface area (Å²) in [5.74, 6) is -0.482. The lowest BCUT2D eigenvalue weighted by Crippen LogP contribution is -2.61. The van der Waals surface area contributed by atoms with Gasteiger partial charge >= 0.3 is 0 Å². The standard InChI is InChI=1S/C28H30N4O5/c29-15-26(10-11-26)32-25(34)27(8-2-1-3-9-27)31-24(33)22-13-19-5-4-18(12-21(19)37-22)20-6-7-23(30-14-20)28(35)16-36-17-28/h4-7,12-15,29,35H,1-3,8-11,16-17H2,(H,31,33)(H,32,34). The number of fused-ring (bicyclic) bond motifs is 1. The summed E-state index contributed by atoms with van der Waals surface area (Å²) in [5, 5.41) is 24.8. The Morgan fingerprint density at radius 3 is 2.35 bits per heavy atom. The lowest BCUT2D eigenvalue weighted by molar-refractivity contribution is -0.186. The molecule has 3 fully saturated rings. The molecule has 0 unspecified atom stereocenters. The highest BCUT2D eigenvalue weighted by atomic mass is 16.5. The summed E-state index contributed by atoms with van der Waals surface area (Å²) in [7, 11) is 0. The Hall–Kier alpha value is -3.56. The third kappa shape index (κ3) is 4.32. The number of aliphatic hydroxyl groups is 1. The van der Waals surface area contributed by atoms with E-state index in [0.717, 1.165) is 48.6 Å². The van der Waals surface area contributed by atoms with Gasteiger partial charge in [-0.2, -0.15) is 0 Å². The molecule has 37 heavy (non-hydrogen) atoms. The van der Waals surface area contributed by atoms with E-state index >= 15 is 0 Å². The quantitative estimate of drug-likeness (QED) is 0.365. The molecule has 6 rings (SSSR count). The second-order valence-electron chi connectivity index (χ2n) is 10.7. The number of aromatic nitrogens is 1. The number of ether oxygens (including phenoxy) is 1. The summed E-state index contributed by atoms with van der Waals surface area (Å²) < 4.78 is 11.0. The number of carbonyl (C=O) groups excluding carboxylic acids is 2. The average Bonchev–Trinajstić information content (AvgIpc) is 3.54. The van der Waals surface area contributed by atoms with Crippen LogP contribution in [-0.4, -0.2) is 52.4 Å². The molecule has 0 spiro atoms. The minimum atomic E-state index is -1.02. The molecule has 0 bridgehead atoms. The molecule has 3 heterocycles. The van der Waals surface area contributed by atoms with Gasteiger partial charge < -0.3 is 30.3 Å². The zero-order valence-corrected chi connectivity index (χ0v) is 20.5. The van der Waals surface area contributed by atoms with Gasteiger partial charge in [-0.1, -0.05) is 37.5 Å². The van der Waals surface area contributed by atoms with Crippen molar-refractivity contribution < 1.29 is 23.8 Å². The minimum Gasteiger partial charge on any atom is -0.451 e. The van der Waals surface area contributed by atoms with Crippen molar-refractivity contribution in [2.75, 3.05) is 13.2 Å². The van der Waals surface area contributed by atoms with Crippen LogP contribution in [0, 0.1) is 5.41 Å². The normalized spacial score (nSPS) is 21.0. The Morgan fingerprint density at radius 2 is 1.73 bits per heavy atom. The van der Waals surface area contributed by atoms with E-state index in [0.29, 0.717) is 24.1 Å². The van der Waals surface area contributed by atoms with E-state index in [4.69, 9.17) is 14.6 Å². The highest BCUT2D eigenvalue weighted by Crippen LogP contribution is 2.36. The lowest BCUT2D eigenvalue weighted by atomic mass is 9.80. The van der Waals surface area contributed by atoms with E-state index in [1.54, 1.807) is 18.3 Å². The SMILES string of the molecule is N=CC1(NC(=O)C2(NC(=O)c3cc4ccc(-c5ccc(C6(O)COC6)nc5)cc4o3)CCCCC2)CC1. The molecule has 0 atom stereocenters. The predicted octanol–water partition coefficient (Wildman–Crippen LogP) is 3.44. The molecule has 1 aliphatic heterocycles. The zero-order chi connectivity index (χ0) is 25.7. The number of amides is 2. The number of hydrogen-bond donors (Lipinski definition) is 4. The van der Waals surface area contributed by atoms with E-state index in [9.17, 15) is 14.7 Å². The van der Waals surface area contributed by atoms with Crippen molar-refractivity contribution in [1.82, 2.24) is 15.6 Å². The maximum atomic E-state index is 13.3. The summed E-state index contributed by atoms with van der Waals surface area (Å²) in [6.07, 6.45) is 8.37. The van der Waals surface area contributed by atoms with E-state index < -0.39 is 22.6 Å². The summed E-state index contributed by atoms with van der Waals surface area (Å²) in [5.41, 5.74) is 0.288. The van der Waals surface area contributed by atoms with Gasteiger partial charge in [0.1, 0.15) is 11.1 Å². The van der Waals surface area contributed by atoms with Crippen molar-refractivity contribution >= 4 is 29.0 Å². The Balaban J connectivity index is 1.22. The first kappa shape index (κ1) is 23.8. The highest BCUT2D eigenvalue weighted by molar-refractivity contribution is 6.01. The molecule has 192 valence electrons. The molecule has 2 aliphatic carbocycles. The van der Waals surface area contributed by atoms with Gasteiger partial charge in [0, 0.05) is 23.4 Å². The third-order valence-corrected chi connectivity index (χ3v) is 7.92. The van der Waals surface area contributed by atoms with Crippen LogP contribution in [-0.2, 0) is 15.1 Å². The number of hydrogen-bond acceptors (Lipinski definition) is 7. The third-order valence-electron chi connectivity index (χ3n) is 7.92. The molecule has 2 aromatic heterocycles. The summed E-state index contributed by atoms with van der Waals surface area (Å²) in [6, 6.07) is 11.0. The van der Waals surface area contributed by atoms with Gasteiger partial charge in [0.15, 0.2) is 11.4 Å². The second-order valence-corrected chi connectivity index (χ2v) is 10.7. The number of nitrogens with one attached hydrogen (secondary N) is 3. The van der Waals surface area contributed by atoms with Crippen LogP contribution < -0.4 is 10.6 Å². The molecular weight excluding hydrogens is 472 g/mol. The Morgan fingerprint density at radius 1 is 0.973 bits per heavy atom. The van der Waals surface area contributed by atoms with Crippen LogP contribution in [0.2, 0.25) is 0 Å². The minimum absolute atomic E-state index is 0.152. The van der Waals surface area contributed by atoms with Gasteiger partial charge in [-0.3, -0.25) is 14.6 Å². The van der Waals surface area contributed by atoms with Crippen molar-refractivity contribution in [1.29, 1.82) is 5.41 Å². The first-order chi connectivity index (χ1) is 17.8. The molecule has 4 N–H and O–H groups in total. The van der Waals surface area contributed by atoms with Gasteiger partial charge in [-0.25, -0.2) is 0 Å². The van der Waals surface area contributed by atoms with Crippen LogP contribution in [0.15, 0.2) is 47.0 Å². The molecule has 0 radical (unpaired) electrons. The first-order valence-electron chi connectivity index (χ1n) is 12.8. The summed E-state index contributed by atoms with van der Waals surface area (Å²) >= 11 is 0. The van der Waals surface area contributed by atoms with Crippen LogP contribution in [0.25, 0.3) is 22.1 Å². The molecule has 9 heteroatoms. The second kappa shape index (κ2) is 8.78. The molecule has 3 aromatic rings. The van der Waals surface area contributed by atoms with Crippen molar-refractivity contribution in [2.24, 2.45) is 0 Å². The average molecular weight is 503 g/mol. The van der Waals surface area contributed by atoms with Crippen molar-refractivity contribution in [3.05, 3.63) is 54.0 Å². The van der Waals surface area contributed by atoms with Crippen LogP contribution in [0.5, 0.6) is 0 Å². The van der Waals surface area contributed by atoms with E-state index in [-0.39, 0.29) is 24.9 Å². The van der Waals surface area contributed by atoms with Gasteiger partial charge in [0.2, 0.25) is 5.91 Å². The van der Waals surface area contributed by atoms with Crippen molar-refractivity contribution in [2.45, 2.75) is 61.6 Å². The summed E-state index contributed by atoms with van der Waals surface area (Å²) in [6.45, 7) is 0.490. The maximum absolute atomic E-state index is 13.3. The zero-order valence-electron chi connectivity index (χ0n) is 20.5. The predicted molar refractivity (Wildman–Crippen MR) is 136 cm³/mol. The van der Waals surface area contributed by atoms with E-state index in [1.165, 1.54) is 6.21 Å². The van der Waals surface area contributed by atoms with Crippen molar-refractivity contribution in [3.63, 3.8) is 0 Å². The van der Waals surface area contributed by atoms with Gasteiger partial charge in [-0.15, -0.1) is 0 Å². The number of nitrogens with zero attached hydrogens (tertiary/aromatic N) is 1. The van der Waals surface area contributed by atoms with Crippen molar-refractivity contribution in [3.8, 4) is 11.1 Å². The van der Waals surface area contributed by atoms with Gasteiger partial charge in [0.05, 0.1) is 24.4 Å². The molecule has 2 saturated carbocycles. The maximum Gasteiger partial charge on any atom is 0.287 e. The Bertz CT molecular complexity index is 1360. The largest absolute Gasteiger partial charge is 0.451 e. The highest BCUT2D eigenvalue weighted by Gasteiger charge is 2.48. The summed E-state index contributed by atoms with van der Waals surface area (Å²) in [4.78, 5) is 31.0. The number of rotatable bonds is 7. The van der Waals surface area contributed by atoms with Crippen LogP contribution >= 0.6 is 0 Å². The Labute approximate surface area is 214 Å². The lowest BCUT2D eigenvalue weighted by Gasteiger charge is -2.37. The van der Waals surface area contributed by atoms with Gasteiger partial charge in [0.25, 0.3) is 5.91 Å². The topological polar surface area (TPSA) is 138 Å². The smallest absolute Gasteiger partial charge is 0.287 e. The van der Waals surface area contributed by atoms with Crippen LogP contribution in [0.3, 0.4) is 0 Å². The number of furan rings is 1. The fourth-order valence-electron chi connectivity index (χ4n) is 5.23. The molecule has 1 saturated heterocycles. The van der Waals surface area contributed by atoms with E-state index in [1.807, 2.05) is 24.3 Å². The Kier molecular flexibility index (Phi) is 5.65. The fourth-order valence-corrected chi connectivity index (χ4v) is 5.23. The molecule has 9 nitrogen and oxygen atoms in total. The molecule has 2 amide bonds. The monoisotopic (exact) mass is 502 g/mol. The number of benzene rings is 1. The number of pyridine rings is 1. The fraction of sp³-hybridized carbons (Fsp3) is 0.429. The van der Waals surface area contributed by atoms with E-state index in [2.05, 4.69) is 15.6 Å².